The van der Waals surface area contributed by atoms with E-state index in [0.717, 1.165) is 61.1 Å². The molecule has 2 aliphatic rings. The lowest BCUT2D eigenvalue weighted by Gasteiger charge is -2.34. The van der Waals surface area contributed by atoms with Crippen molar-refractivity contribution in [3.8, 4) is 23.0 Å². The number of anilines is 1. The molecule has 3 aromatic carbocycles. The van der Waals surface area contributed by atoms with E-state index in [4.69, 9.17) is 18.9 Å². The van der Waals surface area contributed by atoms with Crippen LogP contribution in [0, 0.1) is 6.92 Å². The van der Waals surface area contributed by atoms with E-state index in [1.165, 1.54) is 11.1 Å². The number of aryl methyl sites for hydroxylation is 1. The van der Waals surface area contributed by atoms with Crippen molar-refractivity contribution < 1.29 is 23.7 Å². The summed E-state index contributed by atoms with van der Waals surface area (Å²) in [6.07, 6.45) is 4.87. The minimum atomic E-state index is 0.0538. The van der Waals surface area contributed by atoms with Gasteiger partial charge in [-0.2, -0.15) is 0 Å². The molecule has 0 aliphatic carbocycles. The van der Waals surface area contributed by atoms with Crippen molar-refractivity contribution >= 4 is 26.1 Å². The van der Waals surface area contributed by atoms with Gasteiger partial charge in [0, 0.05) is 24.3 Å². The molecule has 7 nitrogen and oxygen atoms in total. The first-order valence-electron chi connectivity index (χ1n) is 15.5. The second kappa shape index (κ2) is 14.5. The summed E-state index contributed by atoms with van der Waals surface area (Å²) in [7, 11) is 4.45. The highest BCUT2D eigenvalue weighted by Gasteiger charge is 2.37. The topological polar surface area (TPSA) is 60.5 Å². The summed E-state index contributed by atoms with van der Waals surface area (Å²) in [5.74, 6) is 3.36. The number of likely N-dealkylation sites (tertiary alicyclic amines) is 1. The largest absolute Gasteiger partial charge is 0.493 e. The smallest absolute Gasteiger partial charge is 0.241 e. The Balaban J connectivity index is 1.41. The van der Waals surface area contributed by atoms with Gasteiger partial charge in [-0.25, -0.2) is 0 Å². The Morgan fingerprint density at radius 3 is 2.49 bits per heavy atom. The molecule has 1 amide bonds. The third-order valence-corrected chi connectivity index (χ3v) is 9.29. The minimum absolute atomic E-state index is 0.0538. The first-order valence-corrected chi connectivity index (χ1v) is 16.1. The zero-order valence-corrected chi connectivity index (χ0v) is 27.0. The van der Waals surface area contributed by atoms with E-state index in [1.807, 2.05) is 30.3 Å². The molecule has 2 heterocycles. The van der Waals surface area contributed by atoms with Crippen LogP contribution < -0.4 is 29.2 Å². The normalized spacial score (nSPS) is 17.8. The van der Waals surface area contributed by atoms with Crippen molar-refractivity contribution in [2.75, 3.05) is 38.5 Å². The molecule has 0 N–H and O–H groups in total. The van der Waals surface area contributed by atoms with Gasteiger partial charge in [0.25, 0.3) is 0 Å². The van der Waals surface area contributed by atoms with E-state index in [9.17, 15) is 4.79 Å². The van der Waals surface area contributed by atoms with Crippen LogP contribution in [0.25, 0.3) is 0 Å². The van der Waals surface area contributed by atoms with Crippen LogP contribution in [0.3, 0.4) is 0 Å². The number of rotatable bonds is 13. The predicted octanol–water partition coefficient (Wildman–Crippen LogP) is 6.47. The highest BCUT2D eigenvalue weighted by molar-refractivity contribution is 7.27. The molecule has 5 rings (SSSR count). The number of carbonyl (C=O) groups excluding carboxylic acids is 1. The van der Waals surface area contributed by atoms with Crippen LogP contribution >= 0.6 is 9.24 Å². The van der Waals surface area contributed by atoms with Gasteiger partial charge >= 0.3 is 0 Å². The molecule has 0 radical (unpaired) electrons. The Labute approximate surface area is 258 Å². The lowest BCUT2D eigenvalue weighted by Crippen LogP contribution is -2.48. The fourth-order valence-corrected chi connectivity index (χ4v) is 6.55. The molecule has 0 aromatic heterocycles. The number of nitrogens with zero attached hydrogens (tertiary/aromatic N) is 2. The molecule has 8 heteroatoms. The second-order valence-electron chi connectivity index (χ2n) is 11.6. The molecule has 1 fully saturated rings. The molecule has 0 bridgehead atoms. The van der Waals surface area contributed by atoms with Crippen LogP contribution in [0.5, 0.6) is 23.0 Å². The Morgan fingerprint density at radius 1 is 1.02 bits per heavy atom. The maximum Gasteiger partial charge on any atom is 0.241 e. The maximum atomic E-state index is 14.4. The molecule has 3 atom stereocenters. The summed E-state index contributed by atoms with van der Waals surface area (Å²) in [6.45, 7) is 8.30. The molecular weight excluding hydrogens is 559 g/mol. The Kier molecular flexibility index (Phi) is 10.5. The quantitative estimate of drug-likeness (QED) is 0.209. The van der Waals surface area contributed by atoms with Gasteiger partial charge in [-0.3, -0.25) is 9.69 Å². The third-order valence-electron chi connectivity index (χ3n) is 8.64. The van der Waals surface area contributed by atoms with Crippen molar-refractivity contribution in [2.45, 2.75) is 70.9 Å². The number of amides is 1. The monoisotopic (exact) mass is 604 g/mol. The average molecular weight is 605 g/mol. The van der Waals surface area contributed by atoms with E-state index in [-0.39, 0.29) is 30.7 Å². The molecular formula is C35H45N2O5P. The molecule has 3 aromatic rings. The van der Waals surface area contributed by atoms with E-state index >= 15 is 0 Å². The standard InChI is InChI=1S/C35H45N2O5P/c1-5-9-27(10-6-2)37(28-14-16-34(43)24(3)17-28)35(38)21-36-20-26(25-13-15-32-33(19-25)42-23-41-32)18-29(36)22-40-31-12-8-7-11-30(31)39-4/h7-8,11-17,19,26-27,29H,5-6,9-10,18,20-23,43H2,1-4H3. The first kappa shape index (κ1) is 31.2. The second-order valence-corrected chi connectivity index (χ2v) is 12.2. The van der Waals surface area contributed by atoms with Gasteiger partial charge in [0.15, 0.2) is 23.0 Å². The lowest BCUT2D eigenvalue weighted by molar-refractivity contribution is -0.120. The zero-order valence-electron chi connectivity index (χ0n) is 25.9. The maximum absolute atomic E-state index is 14.4. The summed E-state index contributed by atoms with van der Waals surface area (Å²) in [6, 6.07) is 20.5. The molecule has 3 unspecified atom stereocenters. The van der Waals surface area contributed by atoms with Crippen LogP contribution in [0.4, 0.5) is 5.69 Å². The van der Waals surface area contributed by atoms with Crippen molar-refractivity contribution in [1.29, 1.82) is 0 Å². The number of carbonyl (C=O) groups is 1. The minimum Gasteiger partial charge on any atom is -0.493 e. The van der Waals surface area contributed by atoms with E-state index < -0.39 is 0 Å². The SMILES string of the molecule is CCCC(CCC)N(C(=O)CN1CC(c2ccc3c(c2)OCO3)CC1COc1ccccc1OC)c1ccc(P)c(C)c1. The Hall–Kier alpha value is -3.28. The number of ether oxygens (including phenoxy) is 4. The van der Waals surface area contributed by atoms with Crippen LogP contribution in [0.15, 0.2) is 60.7 Å². The van der Waals surface area contributed by atoms with Crippen molar-refractivity contribution in [3.63, 3.8) is 0 Å². The highest BCUT2D eigenvalue weighted by atomic mass is 31.0. The van der Waals surface area contributed by atoms with Gasteiger partial charge in [-0.05, 0) is 84.9 Å². The molecule has 0 spiro atoms. The van der Waals surface area contributed by atoms with Gasteiger partial charge in [-0.1, -0.05) is 51.0 Å². The Bertz CT molecular complexity index is 1390. The zero-order chi connectivity index (χ0) is 30.3. The third kappa shape index (κ3) is 7.27. The lowest BCUT2D eigenvalue weighted by atomic mass is 9.96. The van der Waals surface area contributed by atoms with Crippen LogP contribution in [0.2, 0.25) is 0 Å². The van der Waals surface area contributed by atoms with E-state index in [1.54, 1.807) is 7.11 Å². The summed E-state index contributed by atoms with van der Waals surface area (Å²) in [5, 5.41) is 1.15. The number of fused-ring (bicyclic) bond motifs is 1. The van der Waals surface area contributed by atoms with Gasteiger partial charge in [0.2, 0.25) is 12.7 Å². The first-order chi connectivity index (χ1) is 20.9. The van der Waals surface area contributed by atoms with E-state index in [0.29, 0.717) is 24.7 Å². The number of methoxy groups -OCH3 is 1. The van der Waals surface area contributed by atoms with Gasteiger partial charge in [-0.15, -0.1) is 9.24 Å². The number of hydrogen-bond acceptors (Lipinski definition) is 6. The van der Waals surface area contributed by atoms with Crippen molar-refractivity contribution in [1.82, 2.24) is 4.90 Å². The van der Waals surface area contributed by atoms with Crippen LogP contribution in [-0.4, -0.2) is 56.5 Å². The highest BCUT2D eigenvalue weighted by Crippen LogP contribution is 2.39. The Morgan fingerprint density at radius 2 is 1.77 bits per heavy atom. The number of para-hydroxylation sites is 2. The fourth-order valence-electron chi connectivity index (χ4n) is 6.37. The van der Waals surface area contributed by atoms with E-state index in [2.05, 4.69) is 70.1 Å². The van der Waals surface area contributed by atoms with Gasteiger partial charge in [0.05, 0.1) is 13.7 Å². The molecule has 1 saturated heterocycles. The van der Waals surface area contributed by atoms with Crippen molar-refractivity contribution in [3.05, 3.63) is 71.8 Å². The summed E-state index contributed by atoms with van der Waals surface area (Å²) >= 11 is 0. The molecule has 0 saturated carbocycles. The summed E-state index contributed by atoms with van der Waals surface area (Å²) < 4.78 is 23.1. The predicted molar refractivity (Wildman–Crippen MR) is 175 cm³/mol. The number of benzene rings is 3. The fraction of sp³-hybridized carbons (Fsp3) is 0.457. The number of hydrogen-bond donors (Lipinski definition) is 0. The van der Waals surface area contributed by atoms with Gasteiger partial charge < -0.3 is 23.8 Å². The van der Waals surface area contributed by atoms with Crippen LogP contribution in [0.1, 0.15) is 63.0 Å². The van der Waals surface area contributed by atoms with Gasteiger partial charge in [0.1, 0.15) is 6.61 Å². The van der Waals surface area contributed by atoms with Crippen LogP contribution in [-0.2, 0) is 4.79 Å². The molecule has 2 aliphatic heterocycles. The summed E-state index contributed by atoms with van der Waals surface area (Å²) in [4.78, 5) is 18.8. The summed E-state index contributed by atoms with van der Waals surface area (Å²) in [5.41, 5.74) is 3.34. The molecule has 43 heavy (non-hydrogen) atoms. The molecule has 230 valence electrons. The average Bonchev–Trinajstić information content (AvgIpc) is 3.65. The van der Waals surface area contributed by atoms with Crippen molar-refractivity contribution in [2.24, 2.45) is 0 Å².